The van der Waals surface area contributed by atoms with Crippen LogP contribution in [0.5, 0.6) is 0 Å². The summed E-state index contributed by atoms with van der Waals surface area (Å²) >= 11 is 6.07. The van der Waals surface area contributed by atoms with E-state index in [2.05, 4.69) is 5.32 Å². The summed E-state index contributed by atoms with van der Waals surface area (Å²) in [5, 5.41) is 3.48. The topological polar surface area (TPSA) is 38.3 Å². The van der Waals surface area contributed by atoms with Crippen molar-refractivity contribution in [2.75, 3.05) is 6.54 Å². The van der Waals surface area contributed by atoms with Crippen LogP contribution in [0.15, 0.2) is 54.6 Å². The minimum atomic E-state index is -0.402. The van der Waals surface area contributed by atoms with E-state index in [0.29, 0.717) is 6.54 Å². The molecule has 0 aliphatic heterocycles. The number of hydrogen-bond donors (Lipinski definition) is 1. The van der Waals surface area contributed by atoms with Gasteiger partial charge in [0.15, 0.2) is 0 Å². The van der Waals surface area contributed by atoms with Crippen molar-refractivity contribution in [2.24, 2.45) is 0 Å². The standard InChI is InChI=1S/C19H20ClNO2/c1-15-10-11-16(13-18(15)20)7-5-6-12-21-19(22)23-14-17-8-3-2-4-9-17/h2-5,7-11,13H,6,12,14H2,1H3,(H,21,22). The first kappa shape index (κ1) is 17.1. The summed E-state index contributed by atoms with van der Waals surface area (Å²) in [7, 11) is 0. The van der Waals surface area contributed by atoms with Crippen molar-refractivity contribution in [3.8, 4) is 0 Å². The van der Waals surface area contributed by atoms with E-state index in [4.69, 9.17) is 16.3 Å². The van der Waals surface area contributed by atoms with Gasteiger partial charge in [0.1, 0.15) is 6.61 Å². The molecule has 0 fully saturated rings. The maximum Gasteiger partial charge on any atom is 0.407 e. The van der Waals surface area contributed by atoms with Crippen molar-refractivity contribution < 1.29 is 9.53 Å². The molecule has 2 aromatic carbocycles. The summed E-state index contributed by atoms with van der Waals surface area (Å²) in [4.78, 5) is 11.6. The van der Waals surface area contributed by atoms with Crippen LogP contribution in [-0.4, -0.2) is 12.6 Å². The summed E-state index contributed by atoms with van der Waals surface area (Å²) in [6.07, 6.45) is 4.31. The van der Waals surface area contributed by atoms with E-state index in [1.807, 2.05) is 67.6 Å². The van der Waals surface area contributed by atoms with Crippen molar-refractivity contribution in [2.45, 2.75) is 20.0 Å². The molecular weight excluding hydrogens is 310 g/mol. The van der Waals surface area contributed by atoms with E-state index in [9.17, 15) is 4.79 Å². The second-order valence-corrected chi connectivity index (χ2v) is 5.60. The van der Waals surface area contributed by atoms with E-state index >= 15 is 0 Å². The lowest BCUT2D eigenvalue weighted by atomic mass is 10.1. The average Bonchev–Trinajstić information content (AvgIpc) is 2.57. The third-order valence-corrected chi connectivity index (χ3v) is 3.71. The largest absolute Gasteiger partial charge is 0.445 e. The number of ether oxygens (including phenoxy) is 1. The zero-order valence-electron chi connectivity index (χ0n) is 13.1. The van der Waals surface area contributed by atoms with Crippen LogP contribution < -0.4 is 5.32 Å². The SMILES string of the molecule is Cc1ccc(C=CCCNC(=O)OCc2ccccc2)cc1Cl. The number of amides is 1. The predicted molar refractivity (Wildman–Crippen MR) is 94.5 cm³/mol. The van der Waals surface area contributed by atoms with Crippen molar-refractivity contribution in [1.29, 1.82) is 0 Å². The lowest BCUT2D eigenvalue weighted by Crippen LogP contribution is -2.24. The van der Waals surface area contributed by atoms with Crippen LogP contribution in [-0.2, 0) is 11.3 Å². The van der Waals surface area contributed by atoms with Gasteiger partial charge in [0.25, 0.3) is 0 Å². The Bertz CT molecular complexity index is 668. The molecule has 0 saturated carbocycles. The molecule has 0 aliphatic carbocycles. The summed E-state index contributed by atoms with van der Waals surface area (Å²) in [5.41, 5.74) is 3.08. The molecule has 4 heteroatoms. The molecular formula is C19H20ClNO2. The van der Waals surface area contributed by atoms with Gasteiger partial charge in [-0.25, -0.2) is 4.79 Å². The number of alkyl carbamates (subject to hydrolysis) is 1. The molecule has 0 saturated heterocycles. The number of carbonyl (C=O) groups excluding carboxylic acids is 1. The van der Waals surface area contributed by atoms with Crippen LogP contribution >= 0.6 is 11.6 Å². The Morgan fingerprint density at radius 3 is 2.74 bits per heavy atom. The number of benzene rings is 2. The summed E-state index contributed by atoms with van der Waals surface area (Å²) in [5.74, 6) is 0. The molecule has 0 aliphatic rings. The van der Waals surface area contributed by atoms with Crippen LogP contribution in [0.2, 0.25) is 5.02 Å². The minimum Gasteiger partial charge on any atom is -0.445 e. The lowest BCUT2D eigenvalue weighted by molar-refractivity contribution is 0.140. The molecule has 2 rings (SSSR count). The fraction of sp³-hybridized carbons (Fsp3) is 0.211. The number of rotatable bonds is 6. The van der Waals surface area contributed by atoms with E-state index in [-0.39, 0.29) is 6.61 Å². The molecule has 0 aromatic heterocycles. The van der Waals surface area contributed by atoms with Crippen molar-refractivity contribution in [1.82, 2.24) is 5.32 Å². The Morgan fingerprint density at radius 2 is 2.00 bits per heavy atom. The number of nitrogens with one attached hydrogen (secondary N) is 1. The maximum atomic E-state index is 11.6. The van der Waals surface area contributed by atoms with Gasteiger partial charge in [-0.1, -0.05) is 66.2 Å². The van der Waals surface area contributed by atoms with Crippen LogP contribution in [0.25, 0.3) is 6.08 Å². The number of hydrogen-bond acceptors (Lipinski definition) is 2. The molecule has 3 nitrogen and oxygen atoms in total. The Kier molecular flexibility index (Phi) is 6.70. The highest BCUT2D eigenvalue weighted by molar-refractivity contribution is 6.31. The molecule has 120 valence electrons. The molecule has 1 N–H and O–H groups in total. The van der Waals surface area contributed by atoms with Gasteiger partial charge in [0.2, 0.25) is 0 Å². The zero-order chi connectivity index (χ0) is 16.5. The highest BCUT2D eigenvalue weighted by Gasteiger charge is 2.00. The van der Waals surface area contributed by atoms with Gasteiger partial charge in [-0.05, 0) is 36.1 Å². The van der Waals surface area contributed by atoms with Crippen LogP contribution in [0.4, 0.5) is 4.79 Å². The first-order chi connectivity index (χ1) is 11.1. The predicted octanol–water partition coefficient (Wildman–Crippen LogP) is 4.98. The first-order valence-electron chi connectivity index (χ1n) is 7.52. The van der Waals surface area contributed by atoms with Gasteiger partial charge < -0.3 is 10.1 Å². The van der Waals surface area contributed by atoms with E-state index in [1.165, 1.54) is 0 Å². The molecule has 2 aromatic rings. The maximum absolute atomic E-state index is 11.6. The quantitative estimate of drug-likeness (QED) is 0.759. The summed E-state index contributed by atoms with van der Waals surface area (Å²) < 4.78 is 5.13. The van der Waals surface area contributed by atoms with Gasteiger partial charge in [-0.2, -0.15) is 0 Å². The monoisotopic (exact) mass is 329 g/mol. The van der Waals surface area contributed by atoms with Crippen molar-refractivity contribution in [3.05, 3.63) is 76.3 Å². The van der Waals surface area contributed by atoms with Crippen LogP contribution in [0.1, 0.15) is 23.1 Å². The second kappa shape index (κ2) is 9.01. The molecule has 0 spiro atoms. The van der Waals surface area contributed by atoms with Crippen molar-refractivity contribution in [3.63, 3.8) is 0 Å². The molecule has 23 heavy (non-hydrogen) atoms. The Balaban J connectivity index is 1.65. The third-order valence-electron chi connectivity index (χ3n) is 3.30. The Hall–Kier alpha value is -2.26. The molecule has 0 bridgehead atoms. The van der Waals surface area contributed by atoms with Gasteiger partial charge in [0, 0.05) is 11.6 Å². The number of aryl methyl sites for hydroxylation is 1. The van der Waals surface area contributed by atoms with Gasteiger partial charge in [0.05, 0.1) is 0 Å². The van der Waals surface area contributed by atoms with Gasteiger partial charge in [-0.3, -0.25) is 0 Å². The smallest absolute Gasteiger partial charge is 0.407 e. The second-order valence-electron chi connectivity index (χ2n) is 5.19. The third kappa shape index (κ3) is 6.17. The fourth-order valence-corrected chi connectivity index (χ4v) is 2.15. The summed E-state index contributed by atoms with van der Waals surface area (Å²) in [6.45, 7) is 2.79. The van der Waals surface area contributed by atoms with E-state index in [0.717, 1.165) is 28.1 Å². The molecule has 0 radical (unpaired) electrons. The average molecular weight is 330 g/mol. The highest BCUT2D eigenvalue weighted by atomic mass is 35.5. The minimum absolute atomic E-state index is 0.282. The first-order valence-corrected chi connectivity index (χ1v) is 7.90. The number of halogens is 1. The molecule has 0 atom stereocenters. The Labute approximate surface area is 141 Å². The zero-order valence-corrected chi connectivity index (χ0v) is 13.8. The number of carbonyl (C=O) groups is 1. The lowest BCUT2D eigenvalue weighted by Gasteiger charge is -2.06. The highest BCUT2D eigenvalue weighted by Crippen LogP contribution is 2.17. The van der Waals surface area contributed by atoms with Gasteiger partial charge >= 0.3 is 6.09 Å². The molecule has 1 amide bonds. The van der Waals surface area contributed by atoms with E-state index < -0.39 is 6.09 Å². The van der Waals surface area contributed by atoms with Crippen molar-refractivity contribution >= 4 is 23.8 Å². The Morgan fingerprint density at radius 1 is 1.22 bits per heavy atom. The van der Waals surface area contributed by atoms with Crippen LogP contribution in [0, 0.1) is 6.92 Å². The molecule has 0 heterocycles. The molecule has 0 unspecified atom stereocenters. The van der Waals surface area contributed by atoms with Crippen LogP contribution in [0.3, 0.4) is 0 Å². The fourth-order valence-electron chi connectivity index (χ4n) is 1.96. The normalized spacial score (nSPS) is 10.7. The summed E-state index contributed by atoms with van der Waals surface area (Å²) in [6, 6.07) is 15.5. The van der Waals surface area contributed by atoms with Gasteiger partial charge in [-0.15, -0.1) is 0 Å². The van der Waals surface area contributed by atoms with E-state index in [1.54, 1.807) is 0 Å².